The quantitative estimate of drug-likeness (QED) is 0.851. The molecule has 2 atom stereocenters. The third kappa shape index (κ3) is 3.22. The van der Waals surface area contributed by atoms with Gasteiger partial charge < -0.3 is 4.90 Å². The highest BCUT2D eigenvalue weighted by Crippen LogP contribution is 2.22. The van der Waals surface area contributed by atoms with E-state index in [2.05, 4.69) is 30.8 Å². The van der Waals surface area contributed by atoms with Crippen molar-refractivity contribution >= 4 is 5.91 Å². The van der Waals surface area contributed by atoms with E-state index in [9.17, 15) is 4.79 Å². The molecule has 0 bridgehead atoms. The van der Waals surface area contributed by atoms with Crippen LogP contribution in [0.3, 0.4) is 0 Å². The summed E-state index contributed by atoms with van der Waals surface area (Å²) < 4.78 is 1.90. The summed E-state index contributed by atoms with van der Waals surface area (Å²) in [6.07, 6.45) is 2.65. The first-order chi connectivity index (χ1) is 9.38. The Kier molecular flexibility index (Phi) is 4.51. The van der Waals surface area contributed by atoms with Crippen molar-refractivity contribution in [1.29, 1.82) is 0 Å². The van der Waals surface area contributed by atoms with E-state index in [1.54, 1.807) is 0 Å². The van der Waals surface area contributed by atoms with Crippen LogP contribution in [0.4, 0.5) is 0 Å². The number of hydrogen-bond acceptors (Lipinski definition) is 2. The summed E-state index contributed by atoms with van der Waals surface area (Å²) in [5, 5.41) is 4.42. The first kappa shape index (κ1) is 15.1. The molecule has 0 aliphatic carbocycles. The third-order valence-electron chi connectivity index (χ3n) is 4.47. The fourth-order valence-electron chi connectivity index (χ4n) is 3.44. The number of hydrogen-bond donors (Lipinski definition) is 0. The van der Waals surface area contributed by atoms with Crippen LogP contribution < -0.4 is 0 Å². The largest absolute Gasteiger partial charge is 0.342 e. The van der Waals surface area contributed by atoms with E-state index in [1.165, 1.54) is 17.7 Å². The average molecular weight is 277 g/mol. The maximum atomic E-state index is 12.4. The molecule has 4 nitrogen and oxygen atoms in total. The molecule has 1 aliphatic rings. The van der Waals surface area contributed by atoms with Gasteiger partial charge in [0.05, 0.1) is 5.69 Å². The van der Waals surface area contributed by atoms with Gasteiger partial charge >= 0.3 is 0 Å². The number of piperidine rings is 1. The van der Waals surface area contributed by atoms with Crippen molar-refractivity contribution in [2.24, 2.45) is 18.9 Å². The van der Waals surface area contributed by atoms with Crippen LogP contribution in [0.2, 0.25) is 0 Å². The Morgan fingerprint density at radius 3 is 2.35 bits per heavy atom. The number of carbonyl (C=O) groups is 1. The fraction of sp³-hybridized carbons (Fsp3) is 0.750. The highest BCUT2D eigenvalue weighted by Gasteiger charge is 2.25. The van der Waals surface area contributed by atoms with E-state index in [1.807, 2.05) is 18.7 Å². The molecule has 1 amide bonds. The zero-order valence-electron chi connectivity index (χ0n) is 13.4. The molecule has 112 valence electrons. The molecule has 1 aliphatic heterocycles. The second-order valence-corrected chi connectivity index (χ2v) is 6.52. The van der Waals surface area contributed by atoms with Gasteiger partial charge in [-0.15, -0.1) is 0 Å². The maximum absolute atomic E-state index is 12.4. The summed E-state index contributed by atoms with van der Waals surface area (Å²) in [6.45, 7) is 10.4. The van der Waals surface area contributed by atoms with Crippen LogP contribution in [-0.2, 0) is 18.3 Å². The van der Waals surface area contributed by atoms with Crippen molar-refractivity contribution in [3.05, 3.63) is 17.0 Å². The molecule has 1 saturated heterocycles. The molecular formula is C16H27N3O. The Morgan fingerprint density at radius 1 is 1.25 bits per heavy atom. The third-order valence-corrected chi connectivity index (χ3v) is 4.47. The minimum Gasteiger partial charge on any atom is -0.342 e. The lowest BCUT2D eigenvalue weighted by Crippen LogP contribution is -2.42. The second kappa shape index (κ2) is 5.98. The predicted octanol–water partition coefficient (Wildman–Crippen LogP) is 2.47. The molecule has 1 aromatic heterocycles. The summed E-state index contributed by atoms with van der Waals surface area (Å²) in [7, 11) is 1.96. The van der Waals surface area contributed by atoms with Crippen molar-refractivity contribution in [2.75, 3.05) is 13.1 Å². The Hall–Kier alpha value is -1.32. The van der Waals surface area contributed by atoms with Crippen LogP contribution in [-0.4, -0.2) is 33.7 Å². The van der Waals surface area contributed by atoms with Gasteiger partial charge in [-0.25, -0.2) is 0 Å². The molecule has 0 saturated carbocycles. The first-order valence-electron chi connectivity index (χ1n) is 7.65. The predicted molar refractivity (Wildman–Crippen MR) is 80.5 cm³/mol. The molecule has 20 heavy (non-hydrogen) atoms. The average Bonchev–Trinajstić information content (AvgIpc) is 2.60. The lowest BCUT2D eigenvalue weighted by Gasteiger charge is -2.35. The van der Waals surface area contributed by atoms with Crippen molar-refractivity contribution in [3.8, 4) is 0 Å². The summed E-state index contributed by atoms with van der Waals surface area (Å²) in [4.78, 5) is 14.4. The highest BCUT2D eigenvalue weighted by atomic mass is 16.2. The first-order valence-corrected chi connectivity index (χ1v) is 7.65. The van der Waals surface area contributed by atoms with Crippen molar-refractivity contribution in [2.45, 2.75) is 47.0 Å². The number of aryl methyl sites for hydroxylation is 2. The van der Waals surface area contributed by atoms with Gasteiger partial charge in [0.15, 0.2) is 0 Å². The Labute approximate surface area is 122 Å². The second-order valence-electron chi connectivity index (χ2n) is 6.52. The van der Waals surface area contributed by atoms with Gasteiger partial charge in [-0.05, 0) is 44.1 Å². The standard InChI is InChI=1S/C16H27N3O/c1-11-8-12(2)10-19(9-11)16(20)7-6-15-13(3)17-18(5)14(15)4/h11-12H,6-10H2,1-5H3. The molecule has 4 heteroatoms. The van der Waals surface area contributed by atoms with Gasteiger partial charge in [-0.3, -0.25) is 9.48 Å². The number of likely N-dealkylation sites (tertiary alicyclic amines) is 1. The number of rotatable bonds is 3. The Bertz CT molecular complexity index is 482. The maximum Gasteiger partial charge on any atom is 0.222 e. The Morgan fingerprint density at radius 2 is 1.85 bits per heavy atom. The zero-order chi connectivity index (χ0) is 14.9. The number of aromatic nitrogens is 2. The summed E-state index contributed by atoms with van der Waals surface area (Å²) in [5.74, 6) is 1.56. The van der Waals surface area contributed by atoms with Crippen molar-refractivity contribution < 1.29 is 4.79 Å². The fourth-order valence-corrected chi connectivity index (χ4v) is 3.44. The highest BCUT2D eigenvalue weighted by molar-refractivity contribution is 5.76. The van der Waals surface area contributed by atoms with Crippen molar-refractivity contribution in [3.63, 3.8) is 0 Å². The van der Waals surface area contributed by atoms with E-state index in [4.69, 9.17) is 0 Å². The van der Waals surface area contributed by atoms with E-state index in [0.717, 1.165) is 25.2 Å². The molecule has 2 heterocycles. The lowest BCUT2D eigenvalue weighted by atomic mass is 9.91. The normalized spacial score (nSPS) is 23.1. The summed E-state index contributed by atoms with van der Waals surface area (Å²) >= 11 is 0. The van der Waals surface area contributed by atoms with Gasteiger partial charge in [0.1, 0.15) is 0 Å². The van der Waals surface area contributed by atoms with Crippen LogP contribution in [0.25, 0.3) is 0 Å². The molecule has 0 N–H and O–H groups in total. The van der Waals surface area contributed by atoms with E-state index >= 15 is 0 Å². The SMILES string of the molecule is Cc1nn(C)c(C)c1CCC(=O)N1CC(C)CC(C)C1. The summed E-state index contributed by atoms with van der Waals surface area (Å²) in [5.41, 5.74) is 3.47. The molecule has 0 spiro atoms. The summed E-state index contributed by atoms with van der Waals surface area (Å²) in [6, 6.07) is 0. The Balaban J connectivity index is 1.95. The molecule has 2 unspecified atom stereocenters. The lowest BCUT2D eigenvalue weighted by molar-refractivity contribution is -0.133. The van der Waals surface area contributed by atoms with Crippen LogP contribution >= 0.6 is 0 Å². The van der Waals surface area contributed by atoms with E-state index in [-0.39, 0.29) is 0 Å². The minimum atomic E-state index is 0.297. The van der Waals surface area contributed by atoms with Gasteiger partial charge in [0.25, 0.3) is 0 Å². The molecule has 0 radical (unpaired) electrons. The molecule has 2 rings (SSSR count). The molecule has 1 aromatic rings. The van der Waals surface area contributed by atoms with E-state index in [0.29, 0.717) is 24.2 Å². The van der Waals surface area contributed by atoms with Crippen LogP contribution in [0.1, 0.15) is 43.6 Å². The molecule has 0 aromatic carbocycles. The van der Waals surface area contributed by atoms with Gasteiger partial charge in [-0.2, -0.15) is 5.10 Å². The molecular weight excluding hydrogens is 250 g/mol. The van der Waals surface area contributed by atoms with Crippen LogP contribution in [0.5, 0.6) is 0 Å². The van der Waals surface area contributed by atoms with Crippen LogP contribution in [0.15, 0.2) is 0 Å². The van der Waals surface area contributed by atoms with Crippen LogP contribution in [0, 0.1) is 25.7 Å². The zero-order valence-corrected chi connectivity index (χ0v) is 13.4. The monoisotopic (exact) mass is 277 g/mol. The molecule has 1 fully saturated rings. The topological polar surface area (TPSA) is 38.1 Å². The van der Waals surface area contributed by atoms with Gasteiger partial charge in [0.2, 0.25) is 5.91 Å². The number of amides is 1. The van der Waals surface area contributed by atoms with E-state index < -0.39 is 0 Å². The van der Waals surface area contributed by atoms with Gasteiger partial charge in [0, 0.05) is 32.3 Å². The van der Waals surface area contributed by atoms with Crippen molar-refractivity contribution in [1.82, 2.24) is 14.7 Å². The minimum absolute atomic E-state index is 0.297. The number of nitrogens with zero attached hydrogens (tertiary/aromatic N) is 3. The number of carbonyl (C=O) groups excluding carboxylic acids is 1. The smallest absolute Gasteiger partial charge is 0.222 e. The van der Waals surface area contributed by atoms with Gasteiger partial charge in [-0.1, -0.05) is 13.8 Å².